The van der Waals surface area contributed by atoms with Crippen LogP contribution in [0.5, 0.6) is 0 Å². The average Bonchev–Trinajstić information content (AvgIpc) is 4.16. The maximum absolute atomic E-state index is 2.79. The first-order chi connectivity index (χ1) is 34.8. The molecule has 320 valence electrons. The molecule has 9 aromatic carbocycles. The van der Waals surface area contributed by atoms with Crippen LogP contribution < -0.4 is 9.13 Å². The number of rotatable bonds is 4. The van der Waals surface area contributed by atoms with Crippen molar-refractivity contribution < 1.29 is 9.13 Å². The van der Waals surface area contributed by atoms with E-state index in [0.717, 1.165) is 0 Å². The van der Waals surface area contributed by atoms with Crippen LogP contribution >= 0.6 is 0 Å². The number of aromatic nitrogens is 5. The van der Waals surface area contributed by atoms with Gasteiger partial charge in [0.1, 0.15) is 33.5 Å². The number of hydrogen-bond donors (Lipinski definition) is 0. The van der Waals surface area contributed by atoms with E-state index < -0.39 is 5.66 Å². The fourth-order valence-electron chi connectivity index (χ4n) is 13.9. The fourth-order valence-corrected chi connectivity index (χ4v) is 13.9. The van der Waals surface area contributed by atoms with Crippen molar-refractivity contribution in [3.05, 3.63) is 236 Å². The predicted octanol–water partition coefficient (Wildman–Crippen LogP) is 14.4. The van der Waals surface area contributed by atoms with Crippen molar-refractivity contribution in [2.45, 2.75) is 5.66 Å². The van der Waals surface area contributed by atoms with Crippen LogP contribution in [0.15, 0.2) is 224 Å². The Balaban J connectivity index is 1.07. The van der Waals surface area contributed by atoms with Crippen LogP contribution in [-0.4, -0.2) is 13.7 Å². The highest BCUT2D eigenvalue weighted by Gasteiger charge is 2.69. The average molecular weight is 888 g/mol. The standard InChI is InChI=1S/C65H37N5/c1-3-14-38(15-4-1)40-26-30-42(31-27-40)48-36-56-57-37-49(43-32-28-41(29-33-43)39-16-5-2-6-17-39)59-47-20-9-12-23-52(47)68-55-35-34-45-44-18-7-10-21-50(44)66-53-24-13-25-54-60(53)65(61(55)62(45)66,70(57)64(59)68)69(56)63-58(48)46-19-8-11-22-51(46)67(54)63/h1-37H/q+2. The van der Waals surface area contributed by atoms with E-state index in [9.17, 15) is 0 Å². The lowest BCUT2D eigenvalue weighted by atomic mass is 9.81. The van der Waals surface area contributed by atoms with Gasteiger partial charge >= 0.3 is 17.0 Å². The Labute approximate surface area is 400 Å². The molecule has 0 saturated heterocycles. The van der Waals surface area contributed by atoms with Crippen LogP contribution in [0.3, 0.4) is 0 Å². The largest absolute Gasteiger partial charge is 0.319 e. The lowest BCUT2D eigenvalue weighted by molar-refractivity contribution is -0.920. The monoisotopic (exact) mass is 887 g/mol. The minimum atomic E-state index is -0.771. The van der Waals surface area contributed by atoms with E-state index in [1.165, 1.54) is 150 Å². The van der Waals surface area contributed by atoms with Crippen LogP contribution in [-0.2, 0) is 5.66 Å². The summed E-state index contributed by atoms with van der Waals surface area (Å²) >= 11 is 0. The van der Waals surface area contributed by atoms with Crippen molar-refractivity contribution in [1.29, 1.82) is 0 Å². The highest BCUT2D eigenvalue weighted by molar-refractivity contribution is 6.19. The van der Waals surface area contributed by atoms with Gasteiger partial charge in [-0.25, -0.2) is 0 Å². The van der Waals surface area contributed by atoms with Crippen LogP contribution in [0, 0.1) is 0 Å². The van der Waals surface area contributed by atoms with E-state index in [-0.39, 0.29) is 0 Å². The van der Waals surface area contributed by atoms with E-state index in [1.54, 1.807) is 0 Å². The van der Waals surface area contributed by atoms with E-state index in [1.807, 2.05) is 0 Å². The summed E-state index contributed by atoms with van der Waals surface area (Å²) in [5.41, 5.74) is 25.0. The van der Waals surface area contributed by atoms with Crippen LogP contribution in [0.25, 0.3) is 139 Å². The molecule has 5 aromatic heterocycles. The van der Waals surface area contributed by atoms with Crippen molar-refractivity contribution >= 4 is 65.7 Å². The zero-order valence-corrected chi connectivity index (χ0v) is 37.6. The molecule has 0 saturated carbocycles. The van der Waals surface area contributed by atoms with Gasteiger partial charge in [0.25, 0.3) is 0 Å². The molecule has 18 rings (SSSR count). The van der Waals surface area contributed by atoms with Gasteiger partial charge in [0.15, 0.2) is 11.4 Å². The van der Waals surface area contributed by atoms with E-state index in [4.69, 9.17) is 0 Å². The van der Waals surface area contributed by atoms with Crippen molar-refractivity contribution in [3.8, 4) is 73.0 Å². The Hall–Kier alpha value is -9.32. The molecular formula is C65H37N5+2. The molecule has 0 radical (unpaired) electrons. The highest BCUT2D eigenvalue weighted by atomic mass is 15.4. The molecule has 0 bridgehead atoms. The van der Waals surface area contributed by atoms with Crippen molar-refractivity contribution in [2.24, 2.45) is 0 Å². The Morgan fingerprint density at radius 1 is 0.300 bits per heavy atom. The number of fused-ring (bicyclic) bond motifs is 13. The summed E-state index contributed by atoms with van der Waals surface area (Å²) in [7, 11) is 0. The topological polar surface area (TPSA) is 22.5 Å². The Bertz CT molecular complexity index is 4710. The number of nitrogens with zero attached hydrogens (tertiary/aromatic N) is 5. The SMILES string of the molecule is c1ccc(-c2ccc(-c3cc4[n+]5c6c3c3ccccc3n6-c3cccc6c3C53c5c(ccc7c8ccccc8n-6c57)-n5c6ccccc6c6c(-c7ccc(-c8ccccc8)cc7)cc-4[n+]3c65)cc2)cc1. The molecule has 5 heteroatoms. The van der Waals surface area contributed by atoms with Gasteiger partial charge in [0, 0.05) is 32.7 Å². The number of benzene rings is 9. The molecule has 9 heterocycles. The molecule has 0 N–H and O–H groups in total. The molecule has 1 unspecified atom stereocenters. The molecule has 14 aromatic rings. The molecule has 1 atom stereocenters. The van der Waals surface area contributed by atoms with Gasteiger partial charge in [-0.15, -0.1) is 0 Å². The first-order valence-corrected chi connectivity index (χ1v) is 24.4. The number of pyridine rings is 2. The van der Waals surface area contributed by atoms with Crippen LogP contribution in [0.2, 0.25) is 0 Å². The fraction of sp³-hybridized carbons (Fsp3) is 0.0154. The molecular weight excluding hydrogens is 851 g/mol. The van der Waals surface area contributed by atoms with Gasteiger partial charge in [-0.3, -0.25) is 0 Å². The zero-order chi connectivity index (χ0) is 45.1. The number of hydrogen-bond acceptors (Lipinski definition) is 0. The summed E-state index contributed by atoms with van der Waals surface area (Å²) in [6.07, 6.45) is 0. The molecule has 5 nitrogen and oxygen atoms in total. The van der Waals surface area contributed by atoms with E-state index in [0.29, 0.717) is 0 Å². The summed E-state index contributed by atoms with van der Waals surface area (Å²) in [4.78, 5) is 0. The summed E-state index contributed by atoms with van der Waals surface area (Å²) < 4.78 is 13.4. The maximum Gasteiger partial charge on any atom is 0.319 e. The van der Waals surface area contributed by atoms with E-state index in [2.05, 4.69) is 247 Å². The lowest BCUT2D eigenvalue weighted by Crippen LogP contribution is -2.75. The lowest BCUT2D eigenvalue weighted by Gasteiger charge is -2.39. The third-order valence-electron chi connectivity index (χ3n) is 16.5. The summed E-state index contributed by atoms with van der Waals surface area (Å²) in [6.45, 7) is 0. The second-order valence-corrected chi connectivity index (χ2v) is 19.6. The van der Waals surface area contributed by atoms with Gasteiger partial charge in [0.2, 0.25) is 0 Å². The summed E-state index contributed by atoms with van der Waals surface area (Å²) in [5.74, 6) is 0. The Morgan fingerprint density at radius 2 is 0.714 bits per heavy atom. The normalized spacial score (nSPS) is 15.2. The maximum atomic E-state index is 2.79. The molecule has 1 spiro atoms. The Kier molecular flexibility index (Phi) is 6.25. The van der Waals surface area contributed by atoms with Gasteiger partial charge in [0.05, 0.1) is 27.5 Å². The number of para-hydroxylation sites is 3. The van der Waals surface area contributed by atoms with Crippen LogP contribution in [0.1, 0.15) is 11.1 Å². The van der Waals surface area contributed by atoms with E-state index >= 15 is 0 Å². The highest BCUT2D eigenvalue weighted by Crippen LogP contribution is 2.58. The first kappa shape index (κ1) is 35.8. The molecule has 0 aliphatic carbocycles. The van der Waals surface area contributed by atoms with Crippen molar-refractivity contribution in [3.63, 3.8) is 0 Å². The van der Waals surface area contributed by atoms with Crippen LogP contribution in [0.4, 0.5) is 0 Å². The molecule has 0 amide bonds. The first-order valence-electron chi connectivity index (χ1n) is 24.4. The third kappa shape index (κ3) is 3.94. The Morgan fingerprint density at radius 3 is 1.24 bits per heavy atom. The molecule has 4 aliphatic rings. The van der Waals surface area contributed by atoms with Crippen molar-refractivity contribution in [2.75, 3.05) is 0 Å². The molecule has 0 fully saturated rings. The minimum Gasteiger partial charge on any atom is -0.308 e. The zero-order valence-electron chi connectivity index (χ0n) is 37.6. The predicted molar refractivity (Wildman–Crippen MR) is 282 cm³/mol. The summed E-state index contributed by atoms with van der Waals surface area (Å²) in [6, 6.07) is 84.3. The summed E-state index contributed by atoms with van der Waals surface area (Å²) in [5, 5.41) is 7.59. The van der Waals surface area contributed by atoms with Gasteiger partial charge in [-0.2, -0.15) is 18.3 Å². The molecule has 4 aliphatic heterocycles. The van der Waals surface area contributed by atoms with Gasteiger partial charge < -0.3 is 4.57 Å². The second kappa shape index (κ2) is 12.2. The molecule has 70 heavy (non-hydrogen) atoms. The second-order valence-electron chi connectivity index (χ2n) is 19.6. The third-order valence-corrected chi connectivity index (χ3v) is 16.5. The van der Waals surface area contributed by atoms with Crippen molar-refractivity contribution in [1.82, 2.24) is 13.7 Å². The van der Waals surface area contributed by atoms with Gasteiger partial charge in [-0.05, 0) is 100 Å². The van der Waals surface area contributed by atoms with Gasteiger partial charge in [-0.1, -0.05) is 158 Å². The minimum absolute atomic E-state index is 0.771. The quantitative estimate of drug-likeness (QED) is 0.157. The smallest absolute Gasteiger partial charge is 0.308 e.